The van der Waals surface area contributed by atoms with Crippen molar-refractivity contribution in [1.29, 1.82) is 0 Å². The smallest absolute Gasteiger partial charge is 0.240 e. The highest BCUT2D eigenvalue weighted by molar-refractivity contribution is 9.10. The molecule has 0 bridgehead atoms. The molecule has 0 fully saturated rings. The molecule has 0 radical (unpaired) electrons. The molecule has 2 aromatic rings. The average molecular weight is 405 g/mol. The summed E-state index contributed by atoms with van der Waals surface area (Å²) in [6, 6.07) is 13.5. The van der Waals surface area contributed by atoms with E-state index in [1.54, 1.807) is 12.1 Å². The van der Waals surface area contributed by atoms with Crippen LogP contribution in [0.3, 0.4) is 0 Å². The van der Waals surface area contributed by atoms with Gasteiger partial charge in [0.1, 0.15) is 4.90 Å². The highest BCUT2D eigenvalue weighted by Gasteiger charge is 2.39. The zero-order valence-corrected chi connectivity index (χ0v) is 15.2. The summed E-state index contributed by atoms with van der Waals surface area (Å²) >= 11 is 3.46. The average Bonchev–Trinajstić information content (AvgIpc) is 3.03. The molecule has 0 saturated heterocycles. The zero-order valence-electron chi connectivity index (χ0n) is 12.8. The van der Waals surface area contributed by atoms with E-state index in [1.165, 1.54) is 0 Å². The molecule has 0 unspecified atom stereocenters. The molecule has 6 heteroatoms. The Balaban J connectivity index is 1.87. The Labute approximate surface area is 149 Å². The summed E-state index contributed by atoms with van der Waals surface area (Å²) < 4.78 is 25.0. The Bertz CT molecular complexity index is 923. The molecule has 124 valence electrons. The van der Waals surface area contributed by atoms with Gasteiger partial charge in [-0.15, -0.1) is 0 Å². The molecule has 1 aliphatic heterocycles. The third-order valence-corrected chi connectivity index (χ3v) is 6.38. The van der Waals surface area contributed by atoms with E-state index < -0.39 is 10.0 Å². The molecule has 2 aromatic carbocycles. The molecule has 3 atom stereocenters. The summed E-state index contributed by atoms with van der Waals surface area (Å²) in [5, 5.41) is 8.89. The number of nitrogens with two attached hydrogens (primary N) is 1. The van der Waals surface area contributed by atoms with Crippen molar-refractivity contribution in [2.45, 2.75) is 23.3 Å². The number of halogens is 1. The van der Waals surface area contributed by atoms with E-state index in [4.69, 9.17) is 5.14 Å². The van der Waals surface area contributed by atoms with Gasteiger partial charge < -0.3 is 5.32 Å². The Kier molecular flexibility index (Phi) is 3.78. The number of fused-ring (bicyclic) bond motifs is 3. The lowest BCUT2D eigenvalue weighted by Crippen LogP contribution is -2.30. The lowest BCUT2D eigenvalue weighted by molar-refractivity contribution is 0.424. The topological polar surface area (TPSA) is 72.2 Å². The van der Waals surface area contributed by atoms with E-state index in [0.29, 0.717) is 11.6 Å². The first kappa shape index (κ1) is 15.9. The minimum absolute atomic E-state index is 0.0495. The number of hydrogen-bond acceptors (Lipinski definition) is 3. The Morgan fingerprint density at radius 2 is 1.88 bits per heavy atom. The normalized spacial score (nSPS) is 25.0. The van der Waals surface area contributed by atoms with Crippen molar-refractivity contribution in [3.05, 3.63) is 70.2 Å². The van der Waals surface area contributed by atoms with Gasteiger partial charge in [-0.3, -0.25) is 0 Å². The van der Waals surface area contributed by atoms with Crippen LogP contribution in [0.1, 0.15) is 29.5 Å². The molecule has 0 aromatic heterocycles. The molecule has 24 heavy (non-hydrogen) atoms. The van der Waals surface area contributed by atoms with Gasteiger partial charge in [-0.25, -0.2) is 13.6 Å². The monoisotopic (exact) mass is 404 g/mol. The molecular weight excluding hydrogens is 388 g/mol. The number of para-hydroxylation sites is 1. The zero-order chi connectivity index (χ0) is 16.9. The van der Waals surface area contributed by atoms with E-state index >= 15 is 0 Å². The summed E-state index contributed by atoms with van der Waals surface area (Å²) in [5.41, 5.74) is 2.79. The second kappa shape index (κ2) is 5.72. The maximum Gasteiger partial charge on any atom is 0.240 e. The molecular formula is C18H17BrN2O2S. The predicted octanol–water partition coefficient (Wildman–Crippen LogP) is 3.92. The van der Waals surface area contributed by atoms with Gasteiger partial charge in [0.2, 0.25) is 10.0 Å². The van der Waals surface area contributed by atoms with Gasteiger partial charge in [-0.1, -0.05) is 52.3 Å². The first-order valence-corrected chi connectivity index (χ1v) is 10.1. The first-order valence-electron chi connectivity index (χ1n) is 7.79. The molecule has 1 aliphatic carbocycles. The predicted molar refractivity (Wildman–Crippen MR) is 98.3 cm³/mol. The summed E-state index contributed by atoms with van der Waals surface area (Å²) in [4.78, 5) is 0.167. The molecule has 0 saturated carbocycles. The van der Waals surface area contributed by atoms with E-state index in [2.05, 4.69) is 45.5 Å². The second-order valence-corrected chi connectivity index (χ2v) is 8.74. The Morgan fingerprint density at radius 1 is 1.12 bits per heavy atom. The van der Waals surface area contributed by atoms with Crippen molar-refractivity contribution in [3.63, 3.8) is 0 Å². The van der Waals surface area contributed by atoms with Gasteiger partial charge in [0.05, 0.1) is 11.7 Å². The number of rotatable bonds is 2. The lowest BCUT2D eigenvalue weighted by atomic mass is 9.77. The van der Waals surface area contributed by atoms with Crippen molar-refractivity contribution in [2.75, 3.05) is 5.32 Å². The highest BCUT2D eigenvalue weighted by atomic mass is 79.9. The van der Waals surface area contributed by atoms with Gasteiger partial charge >= 0.3 is 0 Å². The van der Waals surface area contributed by atoms with E-state index in [1.807, 2.05) is 18.2 Å². The number of nitrogens with one attached hydrogen (secondary N) is 1. The van der Waals surface area contributed by atoms with Crippen LogP contribution in [0.5, 0.6) is 0 Å². The molecule has 3 N–H and O–H groups in total. The standard InChI is InChI=1S/C18H17BrN2O2S/c19-12-9-7-11(8-10-12)17-14-4-1-3-13(14)15-5-2-6-16(18(15)21-17)24(20,22)23/h1-3,5-10,13-14,17,21H,4H2,(H2,20,22,23)/t13-,14+,17+/m0/s1. The van der Waals surface area contributed by atoms with Crippen LogP contribution >= 0.6 is 15.9 Å². The Hall–Kier alpha value is -1.63. The summed E-state index contributed by atoms with van der Waals surface area (Å²) in [6.07, 6.45) is 5.34. The molecule has 0 spiro atoms. The van der Waals surface area contributed by atoms with Crippen LogP contribution in [0.15, 0.2) is 64.0 Å². The molecule has 0 amide bonds. The van der Waals surface area contributed by atoms with Crippen LogP contribution in [0.4, 0.5) is 5.69 Å². The van der Waals surface area contributed by atoms with Crippen LogP contribution in [0.2, 0.25) is 0 Å². The van der Waals surface area contributed by atoms with Crippen LogP contribution in [0, 0.1) is 5.92 Å². The van der Waals surface area contributed by atoms with Crippen LogP contribution in [-0.4, -0.2) is 8.42 Å². The van der Waals surface area contributed by atoms with Crippen molar-refractivity contribution in [1.82, 2.24) is 0 Å². The highest BCUT2D eigenvalue weighted by Crippen LogP contribution is 2.51. The third-order valence-electron chi connectivity index (χ3n) is 4.89. The van der Waals surface area contributed by atoms with Crippen molar-refractivity contribution < 1.29 is 8.42 Å². The maximum atomic E-state index is 12.0. The number of hydrogen-bond donors (Lipinski definition) is 2. The molecule has 4 nitrogen and oxygen atoms in total. The van der Waals surface area contributed by atoms with Gasteiger partial charge in [-0.2, -0.15) is 0 Å². The number of benzene rings is 2. The SMILES string of the molecule is NS(=O)(=O)c1cccc2c1N[C@H](c1ccc(Br)cc1)[C@@H]1CC=C[C@H]21. The quantitative estimate of drug-likeness (QED) is 0.744. The fraction of sp³-hybridized carbons (Fsp3) is 0.222. The van der Waals surface area contributed by atoms with Crippen molar-refractivity contribution in [3.8, 4) is 0 Å². The molecule has 2 aliphatic rings. The largest absolute Gasteiger partial charge is 0.377 e. The summed E-state index contributed by atoms with van der Waals surface area (Å²) in [5.74, 6) is 0.575. The second-order valence-electron chi connectivity index (χ2n) is 6.29. The van der Waals surface area contributed by atoms with E-state index in [0.717, 1.165) is 22.0 Å². The number of anilines is 1. The van der Waals surface area contributed by atoms with E-state index in [-0.39, 0.29) is 16.9 Å². The fourth-order valence-electron chi connectivity index (χ4n) is 3.83. The van der Waals surface area contributed by atoms with Crippen molar-refractivity contribution >= 4 is 31.6 Å². The number of allylic oxidation sites excluding steroid dienone is 2. The van der Waals surface area contributed by atoms with E-state index in [9.17, 15) is 8.42 Å². The maximum absolute atomic E-state index is 12.0. The van der Waals surface area contributed by atoms with Crippen LogP contribution < -0.4 is 10.5 Å². The van der Waals surface area contributed by atoms with Gasteiger partial charge in [0.15, 0.2) is 0 Å². The first-order chi connectivity index (χ1) is 11.4. The van der Waals surface area contributed by atoms with Gasteiger partial charge in [-0.05, 0) is 41.7 Å². The number of primary sulfonamides is 1. The fourth-order valence-corrected chi connectivity index (χ4v) is 4.82. The number of sulfonamides is 1. The Morgan fingerprint density at radius 3 is 2.58 bits per heavy atom. The van der Waals surface area contributed by atoms with Gasteiger partial charge in [0.25, 0.3) is 0 Å². The summed E-state index contributed by atoms with van der Waals surface area (Å²) in [7, 11) is -3.78. The van der Waals surface area contributed by atoms with Gasteiger partial charge in [0, 0.05) is 10.4 Å². The van der Waals surface area contributed by atoms with Crippen LogP contribution in [-0.2, 0) is 10.0 Å². The minimum atomic E-state index is -3.78. The lowest BCUT2D eigenvalue weighted by Gasteiger charge is -2.38. The third kappa shape index (κ3) is 2.59. The minimum Gasteiger partial charge on any atom is -0.377 e. The van der Waals surface area contributed by atoms with Crippen molar-refractivity contribution in [2.24, 2.45) is 11.1 Å². The summed E-state index contributed by atoms with van der Waals surface area (Å²) in [6.45, 7) is 0. The molecule has 1 heterocycles. The van der Waals surface area contributed by atoms with Crippen LogP contribution in [0.25, 0.3) is 0 Å². The molecule has 4 rings (SSSR count).